The maximum atomic E-state index is 8.41. The van der Waals surface area contributed by atoms with Gasteiger partial charge in [-0.05, 0) is 0 Å². The van der Waals surface area contributed by atoms with Gasteiger partial charge in [0.05, 0.1) is 32.9 Å². The van der Waals surface area contributed by atoms with Gasteiger partial charge in [0.2, 0.25) is 0 Å². The molecule has 0 spiro atoms. The standard InChI is InChI=1S/C8H9N3O2/c1-12-6-5-10-7(3-4-9)11-8(6)13-2/h5H,3H2,1-2H3. The molecule has 0 aliphatic rings. The summed E-state index contributed by atoms with van der Waals surface area (Å²) >= 11 is 0. The molecule has 0 aliphatic heterocycles. The van der Waals surface area contributed by atoms with E-state index < -0.39 is 0 Å². The zero-order valence-corrected chi connectivity index (χ0v) is 7.44. The van der Waals surface area contributed by atoms with Crippen molar-refractivity contribution in [2.75, 3.05) is 14.2 Å². The third-order valence-electron chi connectivity index (χ3n) is 1.42. The van der Waals surface area contributed by atoms with Crippen LogP contribution in [-0.4, -0.2) is 24.2 Å². The molecule has 5 heteroatoms. The predicted molar refractivity (Wildman–Crippen MR) is 44.5 cm³/mol. The Bertz CT molecular complexity index is 333. The molecule has 1 rings (SSSR count). The largest absolute Gasteiger partial charge is 0.490 e. The van der Waals surface area contributed by atoms with Crippen LogP contribution in [0.5, 0.6) is 11.6 Å². The summed E-state index contributed by atoms with van der Waals surface area (Å²) in [5, 5.41) is 8.41. The van der Waals surface area contributed by atoms with E-state index in [4.69, 9.17) is 14.7 Å². The fourth-order valence-electron chi connectivity index (χ4n) is 0.832. The third-order valence-corrected chi connectivity index (χ3v) is 1.42. The number of ether oxygens (including phenoxy) is 2. The molecule has 0 amide bonds. The summed E-state index contributed by atoms with van der Waals surface area (Å²) in [5.74, 6) is 1.24. The van der Waals surface area contributed by atoms with E-state index in [1.165, 1.54) is 20.4 Å². The quantitative estimate of drug-likeness (QED) is 0.678. The van der Waals surface area contributed by atoms with Gasteiger partial charge in [-0.1, -0.05) is 0 Å². The minimum atomic E-state index is 0.167. The van der Waals surface area contributed by atoms with Crippen molar-refractivity contribution in [1.82, 2.24) is 9.97 Å². The van der Waals surface area contributed by atoms with E-state index in [9.17, 15) is 0 Å². The molecule has 0 saturated heterocycles. The van der Waals surface area contributed by atoms with Crippen LogP contribution in [0.15, 0.2) is 6.20 Å². The van der Waals surface area contributed by atoms with Gasteiger partial charge in [-0.25, -0.2) is 4.98 Å². The van der Waals surface area contributed by atoms with Crippen molar-refractivity contribution in [3.63, 3.8) is 0 Å². The van der Waals surface area contributed by atoms with Crippen molar-refractivity contribution in [3.05, 3.63) is 12.0 Å². The molecule has 1 aromatic rings. The molecule has 1 aromatic heterocycles. The Morgan fingerprint density at radius 2 is 2.23 bits per heavy atom. The lowest BCUT2D eigenvalue weighted by Crippen LogP contribution is -1.99. The number of nitriles is 1. The van der Waals surface area contributed by atoms with Crippen LogP contribution in [0.1, 0.15) is 5.82 Å². The number of nitrogens with zero attached hydrogens (tertiary/aromatic N) is 3. The molecule has 0 atom stereocenters. The maximum Gasteiger partial charge on any atom is 0.260 e. The number of methoxy groups -OCH3 is 2. The summed E-state index contributed by atoms with van der Waals surface area (Å²) in [5.41, 5.74) is 0. The second-order valence-corrected chi connectivity index (χ2v) is 2.20. The zero-order valence-electron chi connectivity index (χ0n) is 7.44. The van der Waals surface area contributed by atoms with Gasteiger partial charge in [-0.15, -0.1) is 0 Å². The second-order valence-electron chi connectivity index (χ2n) is 2.20. The van der Waals surface area contributed by atoms with Crippen molar-refractivity contribution in [1.29, 1.82) is 5.26 Å². The summed E-state index contributed by atoms with van der Waals surface area (Å²) in [6.45, 7) is 0. The topological polar surface area (TPSA) is 68.0 Å². The lowest BCUT2D eigenvalue weighted by atomic mass is 10.4. The molecule has 0 radical (unpaired) electrons. The third kappa shape index (κ3) is 2.06. The van der Waals surface area contributed by atoms with Gasteiger partial charge in [-0.3, -0.25) is 0 Å². The predicted octanol–water partition coefficient (Wildman–Crippen LogP) is 0.560. The van der Waals surface area contributed by atoms with E-state index in [1.54, 1.807) is 0 Å². The normalized spacial score (nSPS) is 9.00. The van der Waals surface area contributed by atoms with Crippen LogP contribution in [0.3, 0.4) is 0 Å². The smallest absolute Gasteiger partial charge is 0.260 e. The number of rotatable bonds is 3. The van der Waals surface area contributed by atoms with E-state index in [1.807, 2.05) is 6.07 Å². The molecule has 0 unspecified atom stereocenters. The number of hydrogen-bond donors (Lipinski definition) is 0. The lowest BCUT2D eigenvalue weighted by molar-refractivity contribution is 0.339. The first-order chi connectivity index (χ1) is 6.31. The van der Waals surface area contributed by atoms with Crippen molar-refractivity contribution < 1.29 is 9.47 Å². The van der Waals surface area contributed by atoms with Crippen LogP contribution in [0, 0.1) is 11.3 Å². The van der Waals surface area contributed by atoms with Crippen LogP contribution in [0.2, 0.25) is 0 Å². The molecular formula is C8H9N3O2. The van der Waals surface area contributed by atoms with Gasteiger partial charge in [0, 0.05) is 0 Å². The van der Waals surface area contributed by atoms with Gasteiger partial charge in [0.1, 0.15) is 5.82 Å². The SMILES string of the molecule is COc1cnc(CC#N)nc1OC. The van der Waals surface area contributed by atoms with Crippen molar-refractivity contribution in [2.24, 2.45) is 0 Å². The first kappa shape index (κ1) is 9.26. The summed E-state index contributed by atoms with van der Waals surface area (Å²) < 4.78 is 9.87. The Labute approximate surface area is 76.0 Å². The van der Waals surface area contributed by atoms with Crippen molar-refractivity contribution in [3.8, 4) is 17.7 Å². The Morgan fingerprint density at radius 1 is 1.46 bits per heavy atom. The van der Waals surface area contributed by atoms with Gasteiger partial charge < -0.3 is 9.47 Å². The summed E-state index contributed by atoms with van der Waals surface area (Å²) in [7, 11) is 2.99. The highest BCUT2D eigenvalue weighted by Crippen LogP contribution is 2.21. The first-order valence-electron chi connectivity index (χ1n) is 3.62. The molecule has 0 aromatic carbocycles. The molecule has 0 aliphatic carbocycles. The Morgan fingerprint density at radius 3 is 2.77 bits per heavy atom. The second kappa shape index (κ2) is 4.26. The summed E-state index contributed by atoms with van der Waals surface area (Å²) in [4.78, 5) is 7.88. The van der Waals surface area contributed by atoms with Gasteiger partial charge in [0.15, 0.2) is 5.75 Å². The van der Waals surface area contributed by atoms with E-state index in [0.29, 0.717) is 17.5 Å². The van der Waals surface area contributed by atoms with Crippen LogP contribution >= 0.6 is 0 Å². The molecule has 1 heterocycles. The first-order valence-corrected chi connectivity index (χ1v) is 3.62. The Kier molecular flexibility index (Phi) is 3.03. The zero-order chi connectivity index (χ0) is 9.68. The van der Waals surface area contributed by atoms with E-state index in [-0.39, 0.29) is 6.42 Å². The average Bonchev–Trinajstić information content (AvgIpc) is 2.18. The Hall–Kier alpha value is -1.83. The minimum Gasteiger partial charge on any atom is -0.490 e. The molecule has 0 N–H and O–H groups in total. The molecule has 5 nitrogen and oxygen atoms in total. The van der Waals surface area contributed by atoms with Crippen LogP contribution in [-0.2, 0) is 6.42 Å². The molecule has 0 bridgehead atoms. The Balaban J connectivity index is 3.00. The highest BCUT2D eigenvalue weighted by molar-refractivity contribution is 5.30. The van der Waals surface area contributed by atoms with Crippen LogP contribution < -0.4 is 9.47 Å². The molecule has 13 heavy (non-hydrogen) atoms. The molecule has 0 saturated carbocycles. The summed E-state index contributed by atoms with van der Waals surface area (Å²) in [6, 6.07) is 1.95. The maximum absolute atomic E-state index is 8.41. The fourth-order valence-corrected chi connectivity index (χ4v) is 0.832. The van der Waals surface area contributed by atoms with Gasteiger partial charge in [-0.2, -0.15) is 10.2 Å². The minimum absolute atomic E-state index is 0.167. The van der Waals surface area contributed by atoms with E-state index in [0.717, 1.165) is 0 Å². The van der Waals surface area contributed by atoms with Crippen molar-refractivity contribution >= 4 is 0 Å². The molecular weight excluding hydrogens is 170 g/mol. The van der Waals surface area contributed by atoms with Crippen LogP contribution in [0.25, 0.3) is 0 Å². The lowest BCUT2D eigenvalue weighted by Gasteiger charge is -2.05. The molecule has 0 fully saturated rings. The highest BCUT2D eigenvalue weighted by Gasteiger charge is 2.06. The summed E-state index contributed by atoms with van der Waals surface area (Å²) in [6.07, 6.45) is 1.65. The van der Waals surface area contributed by atoms with Gasteiger partial charge in [0.25, 0.3) is 5.88 Å². The van der Waals surface area contributed by atoms with Gasteiger partial charge >= 0.3 is 0 Å². The van der Waals surface area contributed by atoms with Crippen molar-refractivity contribution in [2.45, 2.75) is 6.42 Å². The van der Waals surface area contributed by atoms with E-state index >= 15 is 0 Å². The van der Waals surface area contributed by atoms with E-state index in [2.05, 4.69) is 9.97 Å². The monoisotopic (exact) mass is 179 g/mol. The average molecular weight is 179 g/mol. The number of hydrogen-bond acceptors (Lipinski definition) is 5. The van der Waals surface area contributed by atoms with Crippen LogP contribution in [0.4, 0.5) is 0 Å². The fraction of sp³-hybridized carbons (Fsp3) is 0.375. The molecule has 68 valence electrons. The number of aromatic nitrogens is 2. The highest BCUT2D eigenvalue weighted by atomic mass is 16.5.